The average Bonchev–Trinajstić information content (AvgIpc) is 2.42. The van der Waals surface area contributed by atoms with E-state index in [1.165, 1.54) is 7.11 Å². The third-order valence-corrected chi connectivity index (χ3v) is 4.19. The molecule has 1 aromatic rings. The highest BCUT2D eigenvalue weighted by Gasteiger charge is 2.19. The molecule has 0 spiro atoms. The predicted molar refractivity (Wildman–Crippen MR) is 86.3 cm³/mol. The molecule has 112 valence electrons. The fourth-order valence-electron chi connectivity index (χ4n) is 1.81. The molecule has 0 fully saturated rings. The molecule has 0 amide bonds. The second-order valence-electron chi connectivity index (χ2n) is 4.83. The van der Waals surface area contributed by atoms with Crippen molar-refractivity contribution in [1.82, 2.24) is 5.32 Å². The number of hydrogen-bond donors (Lipinski definition) is 1. The van der Waals surface area contributed by atoms with Gasteiger partial charge in [0, 0.05) is 16.8 Å². The minimum atomic E-state index is -0.237. The normalized spacial score (nSPS) is 12.4. The molecular weight excluding hydrogens is 294 g/mol. The Morgan fingerprint density at radius 3 is 2.70 bits per heavy atom. The number of carbonyl (C=O) groups excluding carboxylic acids is 1. The van der Waals surface area contributed by atoms with E-state index in [-0.39, 0.29) is 18.1 Å². The van der Waals surface area contributed by atoms with Crippen LogP contribution in [0.2, 0.25) is 5.02 Å². The van der Waals surface area contributed by atoms with Gasteiger partial charge in [-0.05, 0) is 23.8 Å². The Balaban J connectivity index is 2.37. The van der Waals surface area contributed by atoms with Crippen LogP contribution in [0, 0.1) is 0 Å². The highest BCUT2D eigenvalue weighted by molar-refractivity contribution is 7.98. The second kappa shape index (κ2) is 9.27. The van der Waals surface area contributed by atoms with Gasteiger partial charge in [0.15, 0.2) is 0 Å². The van der Waals surface area contributed by atoms with Crippen molar-refractivity contribution in [3.05, 3.63) is 34.9 Å². The summed E-state index contributed by atoms with van der Waals surface area (Å²) in [6.07, 6.45) is 0.750. The van der Waals surface area contributed by atoms with Gasteiger partial charge in [0.25, 0.3) is 0 Å². The van der Waals surface area contributed by atoms with E-state index in [2.05, 4.69) is 5.32 Å². The van der Waals surface area contributed by atoms with Crippen molar-refractivity contribution in [3.8, 4) is 0 Å². The molecule has 3 nitrogen and oxygen atoms in total. The standard InChI is InChI=1S/C15H22ClNO2S/c1-11(2)17-14(15(18)19-3)8-9-20-10-12-6-4-5-7-13(12)16/h4-7,11,14,17H,8-10H2,1-3H3. The lowest BCUT2D eigenvalue weighted by Gasteiger charge is -2.18. The smallest absolute Gasteiger partial charge is 0.322 e. The van der Waals surface area contributed by atoms with Crippen LogP contribution in [0.4, 0.5) is 0 Å². The summed E-state index contributed by atoms with van der Waals surface area (Å²) in [5.41, 5.74) is 1.13. The summed E-state index contributed by atoms with van der Waals surface area (Å²) in [5.74, 6) is 1.54. The Bertz CT molecular complexity index is 426. The summed E-state index contributed by atoms with van der Waals surface area (Å²) in [7, 11) is 1.42. The van der Waals surface area contributed by atoms with Crippen molar-refractivity contribution in [1.29, 1.82) is 0 Å². The van der Waals surface area contributed by atoms with Gasteiger partial charge in [-0.2, -0.15) is 11.8 Å². The molecule has 0 radical (unpaired) electrons. The summed E-state index contributed by atoms with van der Waals surface area (Å²) in [6.45, 7) is 4.04. The zero-order valence-electron chi connectivity index (χ0n) is 12.2. The molecule has 1 rings (SSSR count). The van der Waals surface area contributed by atoms with E-state index in [0.29, 0.717) is 0 Å². The zero-order valence-corrected chi connectivity index (χ0v) is 13.8. The molecule has 1 atom stereocenters. The van der Waals surface area contributed by atoms with E-state index < -0.39 is 0 Å². The maximum absolute atomic E-state index is 11.7. The molecule has 5 heteroatoms. The quantitative estimate of drug-likeness (QED) is 0.588. The van der Waals surface area contributed by atoms with E-state index in [1.807, 2.05) is 38.1 Å². The summed E-state index contributed by atoms with van der Waals surface area (Å²) in [5, 5.41) is 4.02. The highest BCUT2D eigenvalue weighted by Crippen LogP contribution is 2.21. The molecule has 0 bridgehead atoms. The molecule has 0 aromatic heterocycles. The first-order valence-corrected chi connectivity index (χ1v) is 8.23. The van der Waals surface area contributed by atoms with Gasteiger partial charge in [-0.1, -0.05) is 43.6 Å². The Hall–Kier alpha value is -0.710. The molecule has 1 N–H and O–H groups in total. The molecule has 0 saturated carbocycles. The molecule has 0 aliphatic carbocycles. The molecule has 0 aliphatic heterocycles. The van der Waals surface area contributed by atoms with E-state index in [0.717, 1.165) is 28.5 Å². The van der Waals surface area contributed by atoms with Crippen LogP contribution in [0.15, 0.2) is 24.3 Å². The third kappa shape index (κ3) is 6.16. The number of nitrogens with one attached hydrogen (secondary N) is 1. The fraction of sp³-hybridized carbons (Fsp3) is 0.533. The lowest BCUT2D eigenvalue weighted by molar-refractivity contribution is -0.143. The Morgan fingerprint density at radius 2 is 2.10 bits per heavy atom. The van der Waals surface area contributed by atoms with Crippen LogP contribution in [-0.4, -0.2) is 30.9 Å². The van der Waals surface area contributed by atoms with Gasteiger partial charge in [-0.15, -0.1) is 0 Å². The maximum atomic E-state index is 11.7. The summed E-state index contributed by atoms with van der Waals surface area (Å²) < 4.78 is 4.82. The van der Waals surface area contributed by atoms with Gasteiger partial charge in [-0.3, -0.25) is 4.79 Å². The number of methoxy groups -OCH3 is 1. The van der Waals surface area contributed by atoms with Gasteiger partial charge < -0.3 is 10.1 Å². The summed E-state index contributed by atoms with van der Waals surface area (Å²) in [4.78, 5) is 11.7. The molecule has 1 aromatic carbocycles. The third-order valence-electron chi connectivity index (χ3n) is 2.79. The average molecular weight is 316 g/mol. The first-order valence-electron chi connectivity index (χ1n) is 6.69. The second-order valence-corrected chi connectivity index (χ2v) is 6.34. The van der Waals surface area contributed by atoms with E-state index >= 15 is 0 Å². The number of halogens is 1. The molecule has 0 heterocycles. The largest absolute Gasteiger partial charge is 0.468 e. The zero-order chi connectivity index (χ0) is 15.0. The number of ether oxygens (including phenoxy) is 1. The number of thioether (sulfide) groups is 1. The van der Waals surface area contributed by atoms with Gasteiger partial charge in [0.1, 0.15) is 6.04 Å². The Morgan fingerprint density at radius 1 is 1.40 bits per heavy atom. The number of hydrogen-bond acceptors (Lipinski definition) is 4. The van der Waals surface area contributed by atoms with Gasteiger partial charge >= 0.3 is 5.97 Å². The highest BCUT2D eigenvalue weighted by atomic mass is 35.5. The lowest BCUT2D eigenvalue weighted by Crippen LogP contribution is -2.41. The molecule has 0 saturated heterocycles. The van der Waals surface area contributed by atoms with Crippen LogP contribution < -0.4 is 5.32 Å². The number of rotatable bonds is 8. The van der Waals surface area contributed by atoms with Crippen LogP contribution in [0.3, 0.4) is 0 Å². The summed E-state index contributed by atoms with van der Waals surface area (Å²) in [6, 6.07) is 7.86. The van der Waals surface area contributed by atoms with Gasteiger partial charge in [0.05, 0.1) is 7.11 Å². The predicted octanol–water partition coefficient (Wildman–Crippen LogP) is 3.50. The van der Waals surface area contributed by atoms with Crippen LogP contribution >= 0.6 is 23.4 Å². The Labute approximate surface area is 130 Å². The van der Waals surface area contributed by atoms with Crippen molar-refractivity contribution in [2.75, 3.05) is 12.9 Å². The van der Waals surface area contributed by atoms with E-state index in [4.69, 9.17) is 16.3 Å². The number of benzene rings is 1. The molecule has 0 aliphatic rings. The number of carbonyl (C=O) groups is 1. The maximum Gasteiger partial charge on any atom is 0.322 e. The number of esters is 1. The van der Waals surface area contributed by atoms with Crippen molar-refractivity contribution >= 4 is 29.3 Å². The van der Waals surface area contributed by atoms with E-state index in [1.54, 1.807) is 11.8 Å². The van der Waals surface area contributed by atoms with Gasteiger partial charge in [-0.25, -0.2) is 0 Å². The SMILES string of the molecule is COC(=O)C(CCSCc1ccccc1Cl)NC(C)C. The lowest BCUT2D eigenvalue weighted by atomic mass is 10.2. The van der Waals surface area contributed by atoms with Crippen molar-refractivity contribution in [2.45, 2.75) is 38.1 Å². The first kappa shape index (κ1) is 17.3. The van der Waals surface area contributed by atoms with E-state index in [9.17, 15) is 4.79 Å². The minimum absolute atomic E-state index is 0.197. The first-order chi connectivity index (χ1) is 9.54. The van der Waals surface area contributed by atoms with Crippen LogP contribution in [0.25, 0.3) is 0 Å². The van der Waals surface area contributed by atoms with Gasteiger partial charge in [0.2, 0.25) is 0 Å². The fourth-order valence-corrected chi connectivity index (χ4v) is 3.11. The van der Waals surface area contributed by atoms with Crippen LogP contribution in [0.1, 0.15) is 25.8 Å². The van der Waals surface area contributed by atoms with Crippen molar-refractivity contribution < 1.29 is 9.53 Å². The van der Waals surface area contributed by atoms with Crippen LogP contribution in [-0.2, 0) is 15.3 Å². The Kier molecular flexibility index (Phi) is 8.04. The molecular formula is C15H22ClNO2S. The van der Waals surface area contributed by atoms with Crippen molar-refractivity contribution in [2.24, 2.45) is 0 Å². The minimum Gasteiger partial charge on any atom is -0.468 e. The van der Waals surface area contributed by atoms with Crippen molar-refractivity contribution in [3.63, 3.8) is 0 Å². The molecule has 1 unspecified atom stereocenters. The summed E-state index contributed by atoms with van der Waals surface area (Å²) >= 11 is 7.88. The molecule has 20 heavy (non-hydrogen) atoms. The monoisotopic (exact) mass is 315 g/mol. The van der Waals surface area contributed by atoms with Crippen LogP contribution in [0.5, 0.6) is 0 Å². The topological polar surface area (TPSA) is 38.3 Å².